The van der Waals surface area contributed by atoms with Crippen LogP contribution in [0.5, 0.6) is 5.75 Å². The van der Waals surface area contributed by atoms with Gasteiger partial charge in [-0.15, -0.1) is 0 Å². The van der Waals surface area contributed by atoms with E-state index in [0.29, 0.717) is 22.0 Å². The minimum Gasteiger partial charge on any atom is -0.481 e. The molecule has 2 aromatic rings. The summed E-state index contributed by atoms with van der Waals surface area (Å²) in [4.78, 5) is 25.3. The molecule has 28 heavy (non-hydrogen) atoms. The van der Waals surface area contributed by atoms with Crippen molar-refractivity contribution in [2.75, 3.05) is 5.32 Å². The lowest BCUT2D eigenvalue weighted by molar-refractivity contribution is -0.122. The molecule has 148 valence electrons. The summed E-state index contributed by atoms with van der Waals surface area (Å²) in [6.45, 7) is 1.66. The van der Waals surface area contributed by atoms with Crippen molar-refractivity contribution in [2.24, 2.45) is 0 Å². The molecule has 5 nitrogen and oxygen atoms in total. The molecule has 2 amide bonds. The maximum Gasteiger partial charge on any atom is 0.265 e. The monoisotopic (exact) mass is 400 g/mol. The van der Waals surface area contributed by atoms with E-state index in [4.69, 9.17) is 16.3 Å². The van der Waals surface area contributed by atoms with Gasteiger partial charge in [-0.2, -0.15) is 0 Å². The zero-order valence-corrected chi connectivity index (χ0v) is 16.7. The molecule has 0 saturated heterocycles. The normalized spacial score (nSPS) is 15.5. The minimum absolute atomic E-state index is 0.158. The van der Waals surface area contributed by atoms with Gasteiger partial charge in [0.2, 0.25) is 0 Å². The highest BCUT2D eigenvalue weighted by Crippen LogP contribution is 2.21. The number of benzene rings is 2. The first-order valence-electron chi connectivity index (χ1n) is 9.66. The van der Waals surface area contributed by atoms with Gasteiger partial charge in [0.1, 0.15) is 5.75 Å². The third-order valence-electron chi connectivity index (χ3n) is 4.87. The van der Waals surface area contributed by atoms with Crippen LogP contribution in [0, 0.1) is 0 Å². The van der Waals surface area contributed by atoms with Crippen molar-refractivity contribution >= 4 is 29.1 Å². The predicted molar refractivity (Wildman–Crippen MR) is 111 cm³/mol. The molecular formula is C22H25ClN2O3. The summed E-state index contributed by atoms with van der Waals surface area (Å²) in [5.74, 6) is 0.0670. The Morgan fingerprint density at radius 1 is 1.04 bits per heavy atom. The molecule has 2 aromatic carbocycles. The van der Waals surface area contributed by atoms with Crippen LogP contribution in [-0.2, 0) is 4.79 Å². The first-order chi connectivity index (χ1) is 13.5. The third kappa shape index (κ3) is 5.49. The summed E-state index contributed by atoms with van der Waals surface area (Å²) in [6, 6.07) is 14.0. The number of ether oxygens (including phenoxy) is 1. The fourth-order valence-corrected chi connectivity index (χ4v) is 3.43. The topological polar surface area (TPSA) is 67.4 Å². The molecule has 1 saturated carbocycles. The smallest absolute Gasteiger partial charge is 0.265 e. The zero-order chi connectivity index (χ0) is 19.9. The van der Waals surface area contributed by atoms with Crippen molar-refractivity contribution < 1.29 is 14.3 Å². The molecule has 2 N–H and O–H groups in total. The number of carbonyl (C=O) groups excluding carboxylic acids is 2. The number of amides is 2. The van der Waals surface area contributed by atoms with Crippen LogP contribution < -0.4 is 15.4 Å². The standard InChI is InChI=1S/C22H25ClN2O3/c1-15(28-18-13-11-16(23)12-14-18)21(26)25-20-10-6-5-9-19(20)22(27)24-17-7-3-2-4-8-17/h5-6,9-15,17H,2-4,7-8H2,1H3,(H,24,27)(H,25,26)/t15-/m1/s1. The minimum atomic E-state index is -0.726. The van der Waals surface area contributed by atoms with E-state index in [9.17, 15) is 9.59 Å². The Morgan fingerprint density at radius 2 is 1.71 bits per heavy atom. The Kier molecular flexibility index (Phi) is 6.93. The van der Waals surface area contributed by atoms with E-state index >= 15 is 0 Å². The molecule has 0 unspecified atom stereocenters. The molecule has 0 radical (unpaired) electrons. The number of halogens is 1. The Morgan fingerprint density at radius 3 is 2.43 bits per heavy atom. The van der Waals surface area contributed by atoms with Gasteiger partial charge < -0.3 is 15.4 Å². The lowest BCUT2D eigenvalue weighted by Crippen LogP contribution is -2.37. The first kappa shape index (κ1) is 20.2. The molecular weight excluding hydrogens is 376 g/mol. The maximum atomic E-state index is 12.7. The zero-order valence-electron chi connectivity index (χ0n) is 15.9. The summed E-state index contributed by atoms with van der Waals surface area (Å²) in [6.07, 6.45) is 4.80. The van der Waals surface area contributed by atoms with Crippen LogP contribution in [0.15, 0.2) is 48.5 Å². The van der Waals surface area contributed by atoms with Crippen molar-refractivity contribution in [1.29, 1.82) is 0 Å². The van der Waals surface area contributed by atoms with Crippen molar-refractivity contribution in [3.63, 3.8) is 0 Å². The van der Waals surface area contributed by atoms with E-state index in [2.05, 4.69) is 10.6 Å². The van der Waals surface area contributed by atoms with Gasteiger partial charge in [-0.05, 0) is 56.2 Å². The summed E-state index contributed by atoms with van der Waals surface area (Å²) >= 11 is 5.86. The average molecular weight is 401 g/mol. The van der Waals surface area contributed by atoms with Gasteiger partial charge in [-0.1, -0.05) is 43.0 Å². The number of anilines is 1. The van der Waals surface area contributed by atoms with E-state index in [1.807, 2.05) is 0 Å². The summed E-state index contributed by atoms with van der Waals surface area (Å²) < 4.78 is 5.65. The summed E-state index contributed by atoms with van der Waals surface area (Å²) in [7, 11) is 0. The Labute approximate surface area is 170 Å². The van der Waals surface area contributed by atoms with E-state index in [1.54, 1.807) is 55.5 Å². The number of carbonyl (C=O) groups is 2. The van der Waals surface area contributed by atoms with E-state index in [0.717, 1.165) is 25.7 Å². The third-order valence-corrected chi connectivity index (χ3v) is 5.12. The molecule has 1 aliphatic carbocycles. The second-order valence-corrected chi connectivity index (χ2v) is 7.49. The SMILES string of the molecule is C[C@@H](Oc1ccc(Cl)cc1)C(=O)Nc1ccccc1C(=O)NC1CCCCC1. The van der Waals surface area contributed by atoms with Crippen molar-refractivity contribution in [2.45, 2.75) is 51.2 Å². The number of hydrogen-bond acceptors (Lipinski definition) is 3. The van der Waals surface area contributed by atoms with Crippen molar-refractivity contribution in [3.8, 4) is 5.75 Å². The van der Waals surface area contributed by atoms with E-state index in [1.165, 1.54) is 6.42 Å². The number of nitrogens with one attached hydrogen (secondary N) is 2. The van der Waals surface area contributed by atoms with Crippen LogP contribution in [-0.4, -0.2) is 24.0 Å². The highest BCUT2D eigenvalue weighted by atomic mass is 35.5. The lowest BCUT2D eigenvalue weighted by Gasteiger charge is -2.23. The number of para-hydroxylation sites is 1. The second kappa shape index (κ2) is 9.60. The maximum absolute atomic E-state index is 12.7. The molecule has 0 aromatic heterocycles. The molecule has 3 rings (SSSR count). The van der Waals surface area contributed by atoms with Crippen LogP contribution >= 0.6 is 11.6 Å². The van der Waals surface area contributed by atoms with Crippen LogP contribution in [0.3, 0.4) is 0 Å². The van der Waals surface area contributed by atoms with Crippen molar-refractivity contribution in [1.82, 2.24) is 5.32 Å². The Balaban J connectivity index is 1.63. The average Bonchev–Trinajstić information content (AvgIpc) is 2.70. The van der Waals surface area contributed by atoms with Gasteiger partial charge in [0.05, 0.1) is 11.3 Å². The number of hydrogen-bond donors (Lipinski definition) is 2. The van der Waals surface area contributed by atoms with Crippen LogP contribution in [0.4, 0.5) is 5.69 Å². The van der Waals surface area contributed by atoms with Gasteiger partial charge in [-0.25, -0.2) is 0 Å². The molecule has 0 heterocycles. The van der Waals surface area contributed by atoms with Gasteiger partial charge in [0.15, 0.2) is 6.10 Å². The molecule has 0 spiro atoms. The van der Waals surface area contributed by atoms with E-state index < -0.39 is 6.10 Å². The Hall–Kier alpha value is -2.53. The largest absolute Gasteiger partial charge is 0.481 e. The van der Waals surface area contributed by atoms with Crippen LogP contribution in [0.1, 0.15) is 49.4 Å². The van der Waals surface area contributed by atoms with Gasteiger partial charge in [0.25, 0.3) is 11.8 Å². The predicted octanol–water partition coefficient (Wildman–Crippen LogP) is 4.81. The van der Waals surface area contributed by atoms with Crippen molar-refractivity contribution in [3.05, 3.63) is 59.1 Å². The lowest BCUT2D eigenvalue weighted by atomic mass is 9.95. The quantitative estimate of drug-likeness (QED) is 0.731. The molecule has 1 fully saturated rings. The molecule has 6 heteroatoms. The van der Waals surface area contributed by atoms with Gasteiger partial charge in [0, 0.05) is 11.1 Å². The van der Waals surface area contributed by atoms with Gasteiger partial charge in [-0.3, -0.25) is 9.59 Å². The fraction of sp³-hybridized carbons (Fsp3) is 0.364. The molecule has 1 atom stereocenters. The second-order valence-electron chi connectivity index (χ2n) is 7.06. The molecule has 0 bridgehead atoms. The first-order valence-corrected chi connectivity index (χ1v) is 10.0. The molecule has 1 aliphatic rings. The summed E-state index contributed by atoms with van der Waals surface area (Å²) in [5, 5.41) is 6.50. The van der Waals surface area contributed by atoms with E-state index in [-0.39, 0.29) is 17.9 Å². The Bertz CT molecular complexity index is 817. The van der Waals surface area contributed by atoms with Crippen LogP contribution in [0.25, 0.3) is 0 Å². The highest BCUT2D eigenvalue weighted by molar-refractivity contribution is 6.30. The molecule has 0 aliphatic heterocycles. The highest BCUT2D eigenvalue weighted by Gasteiger charge is 2.21. The number of rotatable bonds is 6. The fourth-order valence-electron chi connectivity index (χ4n) is 3.31. The van der Waals surface area contributed by atoms with Crippen LogP contribution in [0.2, 0.25) is 5.02 Å². The van der Waals surface area contributed by atoms with Gasteiger partial charge >= 0.3 is 0 Å². The summed E-state index contributed by atoms with van der Waals surface area (Å²) in [5.41, 5.74) is 0.937.